The summed E-state index contributed by atoms with van der Waals surface area (Å²) in [5, 5.41) is 3.51. The van der Waals surface area contributed by atoms with Crippen LogP contribution in [0.5, 0.6) is 0 Å². The van der Waals surface area contributed by atoms with Gasteiger partial charge in [0.2, 0.25) is 0 Å². The van der Waals surface area contributed by atoms with Crippen molar-refractivity contribution >= 4 is 11.8 Å². The second-order valence-electron chi connectivity index (χ2n) is 3.48. The van der Waals surface area contributed by atoms with E-state index in [-0.39, 0.29) is 0 Å². The van der Waals surface area contributed by atoms with Crippen molar-refractivity contribution in [3.63, 3.8) is 0 Å². The van der Waals surface area contributed by atoms with Crippen molar-refractivity contribution < 1.29 is 0 Å². The maximum absolute atomic E-state index is 3.51. The molecule has 0 aromatic heterocycles. The molecule has 0 aliphatic rings. The van der Waals surface area contributed by atoms with Crippen molar-refractivity contribution in [2.24, 2.45) is 0 Å². The van der Waals surface area contributed by atoms with Gasteiger partial charge in [0.25, 0.3) is 0 Å². The molecule has 78 valence electrons. The molecular weight excluding hydrogens is 190 g/mol. The fourth-order valence-corrected chi connectivity index (χ4v) is 2.22. The number of benzene rings is 1. The van der Waals surface area contributed by atoms with Crippen LogP contribution < -0.4 is 5.32 Å². The average Bonchev–Trinajstić information content (AvgIpc) is 2.17. The van der Waals surface area contributed by atoms with Crippen LogP contribution in [0.2, 0.25) is 0 Å². The zero-order valence-corrected chi connectivity index (χ0v) is 10.0. The summed E-state index contributed by atoms with van der Waals surface area (Å²) in [7, 11) is 0. The molecule has 0 fully saturated rings. The van der Waals surface area contributed by atoms with E-state index in [1.54, 1.807) is 0 Å². The maximum Gasteiger partial charge on any atom is 0.0411 e. The van der Waals surface area contributed by atoms with Gasteiger partial charge in [0.1, 0.15) is 0 Å². The molecule has 0 aliphatic heterocycles. The Balaban J connectivity index is 2.75. The van der Waals surface area contributed by atoms with Gasteiger partial charge >= 0.3 is 0 Å². The van der Waals surface area contributed by atoms with E-state index >= 15 is 0 Å². The molecule has 0 aliphatic carbocycles. The fraction of sp³-hybridized carbons (Fsp3) is 0.500. The molecular formula is C12H19NS. The lowest BCUT2D eigenvalue weighted by Crippen LogP contribution is -2.22. The lowest BCUT2D eigenvalue weighted by molar-refractivity contribution is 0.606. The largest absolute Gasteiger partial charge is 0.310 e. The van der Waals surface area contributed by atoms with Crippen LogP contribution >= 0.6 is 11.8 Å². The third kappa shape index (κ3) is 3.35. The van der Waals surface area contributed by atoms with Crippen LogP contribution in [0.3, 0.4) is 0 Å². The van der Waals surface area contributed by atoms with Gasteiger partial charge in [-0.2, -0.15) is 11.8 Å². The molecule has 1 atom stereocenters. The molecule has 0 saturated carbocycles. The first-order chi connectivity index (χ1) is 6.77. The molecule has 0 bridgehead atoms. The highest BCUT2D eigenvalue weighted by Gasteiger charge is 2.08. The van der Waals surface area contributed by atoms with Crippen LogP contribution in [-0.4, -0.2) is 18.6 Å². The first-order valence-electron chi connectivity index (χ1n) is 5.06. The van der Waals surface area contributed by atoms with E-state index in [4.69, 9.17) is 0 Å². The Bertz CT molecular complexity index is 267. The van der Waals surface area contributed by atoms with Crippen molar-refractivity contribution in [1.82, 2.24) is 5.32 Å². The lowest BCUT2D eigenvalue weighted by Gasteiger charge is -2.17. The van der Waals surface area contributed by atoms with Gasteiger partial charge in [-0.05, 0) is 25.3 Å². The van der Waals surface area contributed by atoms with E-state index in [0.29, 0.717) is 6.04 Å². The highest BCUT2D eigenvalue weighted by atomic mass is 32.2. The minimum absolute atomic E-state index is 0.495. The second kappa shape index (κ2) is 6.10. The molecule has 0 radical (unpaired) electrons. The topological polar surface area (TPSA) is 12.0 Å². The third-order valence-corrected chi connectivity index (χ3v) is 2.90. The summed E-state index contributed by atoms with van der Waals surface area (Å²) in [4.78, 5) is 0. The Morgan fingerprint density at radius 3 is 2.79 bits per heavy atom. The summed E-state index contributed by atoms with van der Waals surface area (Å²) in [6.45, 7) is 5.33. The number of hydrogen-bond acceptors (Lipinski definition) is 2. The van der Waals surface area contributed by atoms with Gasteiger partial charge in [0.05, 0.1) is 0 Å². The third-order valence-electron chi connectivity index (χ3n) is 2.23. The average molecular weight is 209 g/mol. The summed E-state index contributed by atoms with van der Waals surface area (Å²) in [5.41, 5.74) is 2.74. The van der Waals surface area contributed by atoms with Gasteiger partial charge in [0, 0.05) is 11.8 Å². The second-order valence-corrected chi connectivity index (χ2v) is 4.39. The number of hydrogen-bond donors (Lipinski definition) is 1. The minimum Gasteiger partial charge on any atom is -0.310 e. The summed E-state index contributed by atoms with van der Waals surface area (Å²) in [5.74, 6) is 1.14. The van der Waals surface area contributed by atoms with E-state index in [2.05, 4.69) is 49.7 Å². The number of rotatable bonds is 5. The number of aryl methyl sites for hydroxylation is 1. The molecule has 1 rings (SSSR count). The van der Waals surface area contributed by atoms with E-state index in [1.807, 2.05) is 11.8 Å². The molecule has 0 heterocycles. The van der Waals surface area contributed by atoms with Gasteiger partial charge < -0.3 is 5.32 Å². The number of thioether (sulfide) groups is 1. The summed E-state index contributed by atoms with van der Waals surface area (Å²) < 4.78 is 0. The van der Waals surface area contributed by atoms with E-state index in [9.17, 15) is 0 Å². The van der Waals surface area contributed by atoms with Gasteiger partial charge in [-0.25, -0.2) is 0 Å². The monoisotopic (exact) mass is 209 g/mol. The van der Waals surface area contributed by atoms with Gasteiger partial charge in [-0.15, -0.1) is 0 Å². The highest BCUT2D eigenvalue weighted by Crippen LogP contribution is 2.17. The van der Waals surface area contributed by atoms with Crippen molar-refractivity contribution in [1.29, 1.82) is 0 Å². The lowest BCUT2D eigenvalue weighted by atomic mass is 10.1. The van der Waals surface area contributed by atoms with Crippen LogP contribution in [0.4, 0.5) is 0 Å². The van der Waals surface area contributed by atoms with Gasteiger partial charge in [-0.3, -0.25) is 0 Å². The summed E-state index contributed by atoms with van der Waals surface area (Å²) in [6, 6.07) is 9.25. The molecule has 1 nitrogen and oxygen atoms in total. The molecule has 2 heteroatoms. The Hall–Kier alpha value is -0.470. The first-order valence-corrected chi connectivity index (χ1v) is 6.46. The predicted octanol–water partition coefficient (Wildman–Crippen LogP) is 3.01. The smallest absolute Gasteiger partial charge is 0.0411 e. The highest BCUT2D eigenvalue weighted by molar-refractivity contribution is 7.98. The Kier molecular flexibility index (Phi) is 5.05. The Morgan fingerprint density at radius 1 is 1.43 bits per heavy atom. The predicted molar refractivity (Wildman–Crippen MR) is 66.0 cm³/mol. The van der Waals surface area contributed by atoms with Gasteiger partial charge in [-0.1, -0.05) is 36.8 Å². The first kappa shape index (κ1) is 11.6. The van der Waals surface area contributed by atoms with Crippen molar-refractivity contribution in [3.8, 4) is 0 Å². The summed E-state index contributed by atoms with van der Waals surface area (Å²) in [6.07, 6.45) is 2.15. The quantitative estimate of drug-likeness (QED) is 0.800. The minimum atomic E-state index is 0.495. The zero-order valence-electron chi connectivity index (χ0n) is 9.21. The SMILES string of the molecule is CCNC(CSC)c1cccc(C)c1. The normalized spacial score (nSPS) is 12.8. The Labute approximate surface area is 91.3 Å². The van der Waals surface area contributed by atoms with Crippen molar-refractivity contribution in [2.45, 2.75) is 19.9 Å². The van der Waals surface area contributed by atoms with Crippen molar-refractivity contribution in [3.05, 3.63) is 35.4 Å². The molecule has 1 N–H and O–H groups in total. The van der Waals surface area contributed by atoms with Crippen LogP contribution in [0.15, 0.2) is 24.3 Å². The fourth-order valence-electron chi connectivity index (χ4n) is 1.57. The molecule has 0 spiro atoms. The van der Waals surface area contributed by atoms with Crippen molar-refractivity contribution in [2.75, 3.05) is 18.6 Å². The molecule has 0 amide bonds. The van der Waals surface area contributed by atoms with Gasteiger partial charge in [0.15, 0.2) is 0 Å². The number of nitrogens with one attached hydrogen (secondary N) is 1. The standard InChI is InChI=1S/C12H19NS/c1-4-13-12(9-14-3)11-7-5-6-10(2)8-11/h5-8,12-13H,4,9H2,1-3H3. The van der Waals surface area contributed by atoms with Crippen LogP contribution in [0, 0.1) is 6.92 Å². The maximum atomic E-state index is 3.51. The molecule has 1 aromatic carbocycles. The molecule has 14 heavy (non-hydrogen) atoms. The van der Waals surface area contributed by atoms with E-state index in [0.717, 1.165) is 12.3 Å². The van der Waals surface area contributed by atoms with Crippen LogP contribution in [-0.2, 0) is 0 Å². The van der Waals surface area contributed by atoms with E-state index in [1.165, 1.54) is 11.1 Å². The van der Waals surface area contributed by atoms with Crippen LogP contribution in [0.1, 0.15) is 24.1 Å². The van der Waals surface area contributed by atoms with Crippen LogP contribution in [0.25, 0.3) is 0 Å². The Morgan fingerprint density at radius 2 is 2.21 bits per heavy atom. The summed E-state index contributed by atoms with van der Waals surface area (Å²) >= 11 is 1.89. The molecule has 1 unspecified atom stereocenters. The molecule has 1 aromatic rings. The van der Waals surface area contributed by atoms with E-state index < -0.39 is 0 Å². The zero-order chi connectivity index (χ0) is 10.4. The molecule has 0 saturated heterocycles.